The Bertz CT molecular complexity index is 1070. The van der Waals surface area contributed by atoms with Crippen molar-refractivity contribution >= 4 is 22.5 Å². The van der Waals surface area contributed by atoms with Crippen molar-refractivity contribution in [3.63, 3.8) is 0 Å². The molecule has 9 heteroatoms. The number of rotatable bonds is 9. The van der Waals surface area contributed by atoms with Gasteiger partial charge in [0, 0.05) is 43.5 Å². The number of hydrogen-bond donors (Lipinski definition) is 4. The number of nitrogens with zero attached hydrogens (tertiary/aromatic N) is 4. The average Bonchev–Trinajstić information content (AvgIpc) is 3.29. The topological polar surface area (TPSA) is 109 Å². The molecule has 2 aromatic heterocycles. The molecule has 180 valence electrons. The van der Waals surface area contributed by atoms with Crippen molar-refractivity contribution in [3.05, 3.63) is 30.2 Å². The van der Waals surface area contributed by atoms with E-state index < -0.39 is 6.10 Å². The highest BCUT2D eigenvalue weighted by Gasteiger charge is 2.23. The summed E-state index contributed by atoms with van der Waals surface area (Å²) in [4.78, 5) is 4.57. The van der Waals surface area contributed by atoms with Gasteiger partial charge in [-0.05, 0) is 46.5 Å². The molecule has 1 aliphatic carbocycles. The van der Waals surface area contributed by atoms with Gasteiger partial charge in [0.05, 0.1) is 42.4 Å². The van der Waals surface area contributed by atoms with Crippen molar-refractivity contribution in [1.82, 2.24) is 24.6 Å². The summed E-state index contributed by atoms with van der Waals surface area (Å²) >= 11 is 0. The van der Waals surface area contributed by atoms with E-state index in [1.165, 1.54) is 0 Å². The first-order valence-electron chi connectivity index (χ1n) is 11.8. The third kappa shape index (κ3) is 5.85. The number of fused-ring (bicyclic) bond motifs is 1. The zero-order valence-corrected chi connectivity index (χ0v) is 20.0. The molecule has 0 aliphatic heterocycles. The van der Waals surface area contributed by atoms with E-state index in [1.54, 1.807) is 24.9 Å². The van der Waals surface area contributed by atoms with Crippen LogP contribution in [0.1, 0.15) is 45.2 Å². The summed E-state index contributed by atoms with van der Waals surface area (Å²) in [5.41, 5.74) is 3.67. The van der Waals surface area contributed by atoms with Crippen molar-refractivity contribution < 1.29 is 14.9 Å². The van der Waals surface area contributed by atoms with Gasteiger partial charge < -0.3 is 30.2 Å². The van der Waals surface area contributed by atoms with Crippen LogP contribution in [0.3, 0.4) is 0 Å². The molecule has 2 atom stereocenters. The molecule has 0 unspecified atom stereocenters. The van der Waals surface area contributed by atoms with Gasteiger partial charge in [-0.3, -0.25) is 4.68 Å². The molecular formula is C24H36N6O3. The van der Waals surface area contributed by atoms with E-state index in [2.05, 4.69) is 20.7 Å². The molecule has 0 saturated heterocycles. The fourth-order valence-electron chi connectivity index (χ4n) is 4.43. The first kappa shape index (κ1) is 23.5. The number of imidazole rings is 1. The molecule has 1 fully saturated rings. The number of nitrogens with one attached hydrogen (secondary N) is 2. The van der Waals surface area contributed by atoms with Crippen LogP contribution in [0.5, 0.6) is 5.75 Å². The van der Waals surface area contributed by atoms with Gasteiger partial charge in [0.1, 0.15) is 11.3 Å². The molecule has 1 saturated carbocycles. The van der Waals surface area contributed by atoms with Gasteiger partial charge in [-0.1, -0.05) is 0 Å². The van der Waals surface area contributed by atoms with E-state index in [9.17, 15) is 10.2 Å². The first-order valence-corrected chi connectivity index (χ1v) is 11.8. The predicted octanol–water partition coefficient (Wildman–Crippen LogP) is 2.86. The van der Waals surface area contributed by atoms with Crippen LogP contribution in [0, 0.1) is 6.92 Å². The molecule has 0 spiro atoms. The Morgan fingerprint density at radius 1 is 1.12 bits per heavy atom. The highest BCUT2D eigenvalue weighted by Crippen LogP contribution is 2.32. The van der Waals surface area contributed by atoms with Crippen molar-refractivity contribution in [1.29, 1.82) is 0 Å². The lowest BCUT2D eigenvalue weighted by atomic mass is 9.93. The van der Waals surface area contributed by atoms with Gasteiger partial charge in [-0.25, -0.2) is 4.98 Å². The molecule has 0 amide bonds. The number of anilines is 2. The zero-order valence-electron chi connectivity index (χ0n) is 20.0. The number of aliphatic hydroxyl groups excluding tert-OH is 2. The third-order valence-electron chi connectivity index (χ3n) is 6.16. The summed E-state index contributed by atoms with van der Waals surface area (Å²) in [6, 6.07) is 6.45. The van der Waals surface area contributed by atoms with Crippen LogP contribution in [-0.4, -0.2) is 60.4 Å². The minimum Gasteiger partial charge on any atom is -0.490 e. The lowest BCUT2D eigenvalue weighted by Crippen LogP contribution is -2.39. The van der Waals surface area contributed by atoms with Crippen molar-refractivity contribution in [2.45, 2.75) is 77.4 Å². The molecule has 4 N–H and O–H groups in total. The van der Waals surface area contributed by atoms with Crippen LogP contribution in [0.2, 0.25) is 0 Å². The van der Waals surface area contributed by atoms with Crippen molar-refractivity contribution in [2.24, 2.45) is 7.05 Å². The molecule has 4 rings (SSSR count). The Hall–Kier alpha value is -2.62. The van der Waals surface area contributed by atoms with Crippen molar-refractivity contribution in [2.75, 3.05) is 11.9 Å². The number of aliphatic hydroxyl groups is 2. The molecule has 1 aliphatic rings. The summed E-state index contributed by atoms with van der Waals surface area (Å²) in [6.07, 6.45) is 5.22. The molecule has 0 radical (unpaired) electrons. The predicted molar refractivity (Wildman–Crippen MR) is 129 cm³/mol. The van der Waals surface area contributed by atoms with Gasteiger partial charge in [0.15, 0.2) is 5.82 Å². The van der Waals surface area contributed by atoms with E-state index >= 15 is 0 Å². The molecule has 1 aromatic carbocycles. The minimum absolute atomic E-state index is 0.167. The Kier molecular flexibility index (Phi) is 7.21. The molecule has 3 aromatic rings. The Morgan fingerprint density at radius 2 is 1.88 bits per heavy atom. The SMILES string of the molecule is Cc1cc(Nc2cc(OC3CCC(NC[C@H](C)O)CC3)cc3c2ncn3C)nn1C[C@H](C)O. The van der Waals surface area contributed by atoms with Gasteiger partial charge in [-0.2, -0.15) is 5.10 Å². The lowest BCUT2D eigenvalue weighted by Gasteiger charge is -2.30. The fourth-order valence-corrected chi connectivity index (χ4v) is 4.43. The second kappa shape index (κ2) is 10.1. The number of aromatic nitrogens is 4. The standard InChI is InChI=1S/C24H36N6O3/c1-15-9-23(28-30(15)13-17(3)32)27-21-10-20(11-22-24(21)26-14-29(22)4)33-19-7-5-18(6-8-19)25-12-16(2)31/h9-11,14,16-19,25,31-32H,5-8,12-13H2,1-4H3,(H,27,28)/t16-,17-,18?,19?/m0/s1. The number of aryl methyl sites for hydroxylation is 2. The largest absolute Gasteiger partial charge is 0.490 e. The summed E-state index contributed by atoms with van der Waals surface area (Å²) in [5, 5.41) is 30.6. The Labute approximate surface area is 194 Å². The van der Waals surface area contributed by atoms with Gasteiger partial charge in [-0.15, -0.1) is 0 Å². The van der Waals surface area contributed by atoms with E-state index in [4.69, 9.17) is 4.74 Å². The highest BCUT2D eigenvalue weighted by molar-refractivity contribution is 5.91. The smallest absolute Gasteiger partial charge is 0.152 e. The first-order chi connectivity index (χ1) is 15.8. The van der Waals surface area contributed by atoms with Crippen LogP contribution < -0.4 is 15.4 Å². The molecule has 9 nitrogen and oxygen atoms in total. The maximum atomic E-state index is 9.71. The molecule has 33 heavy (non-hydrogen) atoms. The molecule has 0 bridgehead atoms. The number of ether oxygens (including phenoxy) is 1. The third-order valence-corrected chi connectivity index (χ3v) is 6.16. The van der Waals surface area contributed by atoms with E-state index in [-0.39, 0.29) is 12.2 Å². The van der Waals surface area contributed by atoms with Crippen LogP contribution in [-0.2, 0) is 13.6 Å². The number of hydrogen-bond acceptors (Lipinski definition) is 7. The van der Waals surface area contributed by atoms with Crippen LogP contribution >= 0.6 is 0 Å². The molecular weight excluding hydrogens is 420 g/mol. The number of benzene rings is 1. The second-order valence-corrected chi connectivity index (χ2v) is 9.37. The van der Waals surface area contributed by atoms with Crippen LogP contribution in [0.15, 0.2) is 24.5 Å². The zero-order chi connectivity index (χ0) is 23.5. The Balaban J connectivity index is 1.49. The van der Waals surface area contributed by atoms with E-state index in [0.29, 0.717) is 24.9 Å². The lowest BCUT2D eigenvalue weighted by molar-refractivity contribution is 0.131. The normalized spacial score (nSPS) is 20.7. The highest BCUT2D eigenvalue weighted by atomic mass is 16.5. The van der Waals surface area contributed by atoms with Gasteiger partial charge in [0.25, 0.3) is 0 Å². The average molecular weight is 457 g/mol. The summed E-state index contributed by atoms with van der Waals surface area (Å²) < 4.78 is 10.2. The summed E-state index contributed by atoms with van der Waals surface area (Å²) in [7, 11) is 1.98. The van der Waals surface area contributed by atoms with Crippen LogP contribution in [0.4, 0.5) is 11.5 Å². The van der Waals surface area contributed by atoms with Crippen molar-refractivity contribution in [3.8, 4) is 5.75 Å². The van der Waals surface area contributed by atoms with Gasteiger partial charge in [0.2, 0.25) is 0 Å². The molecule has 2 heterocycles. The summed E-state index contributed by atoms with van der Waals surface area (Å²) in [5.74, 6) is 1.52. The monoisotopic (exact) mass is 456 g/mol. The van der Waals surface area contributed by atoms with E-state index in [0.717, 1.165) is 53.8 Å². The maximum absolute atomic E-state index is 9.71. The second-order valence-electron chi connectivity index (χ2n) is 9.37. The summed E-state index contributed by atoms with van der Waals surface area (Å²) in [6.45, 7) is 6.62. The van der Waals surface area contributed by atoms with Crippen LogP contribution in [0.25, 0.3) is 11.0 Å². The Morgan fingerprint density at radius 3 is 2.58 bits per heavy atom. The fraction of sp³-hybridized carbons (Fsp3) is 0.583. The maximum Gasteiger partial charge on any atom is 0.152 e. The van der Waals surface area contributed by atoms with E-state index in [1.807, 2.05) is 36.7 Å². The van der Waals surface area contributed by atoms with Gasteiger partial charge >= 0.3 is 0 Å². The quantitative estimate of drug-likeness (QED) is 0.392. The minimum atomic E-state index is -0.465.